The number of aliphatic imine (C=N–C) groups is 4. The molecular weight excluding hydrogens is 1540 g/mol. The number of para-hydroxylation sites is 4. The molecule has 4 aliphatic rings. The third-order valence-corrected chi connectivity index (χ3v) is 21.7. The van der Waals surface area contributed by atoms with Gasteiger partial charge >= 0.3 is 0 Å². The van der Waals surface area contributed by atoms with Crippen LogP contribution in [0.25, 0.3) is 109 Å². The van der Waals surface area contributed by atoms with Gasteiger partial charge in [0.05, 0.1) is 121 Å². The molecule has 0 saturated heterocycles. The van der Waals surface area contributed by atoms with Gasteiger partial charge in [-0.25, -0.2) is 28.2 Å². The third kappa shape index (κ3) is 16.0. The fourth-order valence-electron chi connectivity index (χ4n) is 16.1. The summed E-state index contributed by atoms with van der Waals surface area (Å²) < 4.78 is 48.2. The molecule has 122 heavy (non-hydrogen) atoms. The van der Waals surface area contributed by atoms with Crippen LogP contribution in [0.4, 0.5) is 31.5 Å². The first-order chi connectivity index (χ1) is 59.0. The maximum atomic E-state index is 15.0. The van der Waals surface area contributed by atoms with Crippen LogP contribution in [0.2, 0.25) is 0 Å². The van der Waals surface area contributed by atoms with E-state index in [1.807, 2.05) is 134 Å². The van der Waals surface area contributed by atoms with Crippen LogP contribution < -0.4 is 32.4 Å². The molecule has 0 unspecified atom stereocenters. The first-order valence-corrected chi connectivity index (χ1v) is 39.4. The first-order valence-electron chi connectivity index (χ1n) is 39.4. The van der Waals surface area contributed by atoms with Crippen LogP contribution in [-0.4, -0.2) is 151 Å². The predicted molar refractivity (Wildman–Crippen MR) is 471 cm³/mol. The van der Waals surface area contributed by atoms with E-state index >= 15 is 4.39 Å². The molecule has 0 bridgehead atoms. The second-order valence-electron chi connectivity index (χ2n) is 28.8. The molecule has 8 heterocycles. The normalized spacial score (nSPS) is 13.0. The molecule has 612 valence electrons. The van der Waals surface area contributed by atoms with Gasteiger partial charge in [-0.05, 0) is 134 Å². The maximum Gasteiger partial charge on any atom is 0.237 e. The van der Waals surface area contributed by atoms with Gasteiger partial charge in [-0.3, -0.25) is 57.9 Å². The number of hydrogen-bond acceptors (Lipinski definition) is 18. The van der Waals surface area contributed by atoms with E-state index < -0.39 is 11.6 Å². The topological polar surface area (TPSA) is 329 Å². The van der Waals surface area contributed by atoms with E-state index in [-0.39, 0.29) is 86.6 Å². The zero-order valence-corrected chi connectivity index (χ0v) is 69.0. The summed E-state index contributed by atoms with van der Waals surface area (Å²) in [5, 5.41) is 17.7. The Morgan fingerprint density at radius 2 is 0.623 bits per heavy atom. The summed E-state index contributed by atoms with van der Waals surface area (Å²) >= 11 is 0. The molecule has 26 nitrogen and oxygen atoms in total. The number of carbonyl (C=O) groups is 4. The predicted octanol–water partition coefficient (Wildman–Crippen LogP) is 15.8. The first kappa shape index (κ1) is 85.1. The minimum Gasteiger partial charge on any atom is -0.505 e. The van der Waals surface area contributed by atoms with E-state index in [9.17, 15) is 23.6 Å². The lowest BCUT2D eigenvalue weighted by Gasteiger charge is -2.19. The average Bonchev–Trinajstić information content (AvgIpc) is 1.49. The Kier molecular flexibility index (Phi) is 25.5. The summed E-state index contributed by atoms with van der Waals surface area (Å²) in [4.78, 5) is 81.5. The standard InChI is InChI=1S/C24H23N5O2.C24H23N5O.C23H20FN5O2.C23H20FN5O/c1-5-31-21-8-6-7-16(23(21)26-3)24-18(12-28-29(24)4)15-9-14(2)22-17(10-15)19(11-25)27-13-20(22)30;1-5-15-7-6-8-17(23(15)26-3)24-19(12-28-29(24)4)16-9-14(2)22-18(10-16)20(11-25)27-13-21(22)30;1-4-31-20-7-5-6-14(22(20)26-2)23-16(11-28-29(23)3)13-8-15-18(10-25)27-12-19(30)21(15)17(24)9-13;1-4-13-6-5-7-15(22(13)26-2)23-17(11-28-29(23)3)14-8-16-19(10-25)27-12-20(30)21(16)18(24)9-14/h6-10,12H,5,11,13,25H2,1-2,4H3;6-10,12H,5,11,13,25H2,1-2,4H3;5-9,11H,4,10,12,25H2,1,3H3;5-9,11H,4,10,12,25H2,1,3H3. The molecule has 8 aromatic carbocycles. The van der Waals surface area contributed by atoms with Crippen LogP contribution in [0.15, 0.2) is 166 Å². The highest BCUT2D eigenvalue weighted by molar-refractivity contribution is 6.20. The highest BCUT2D eigenvalue weighted by Gasteiger charge is 2.32. The smallest absolute Gasteiger partial charge is 0.237 e. The van der Waals surface area contributed by atoms with Crippen molar-refractivity contribution in [2.24, 2.45) is 71.1 Å². The van der Waals surface area contributed by atoms with Crippen molar-refractivity contribution in [1.82, 2.24) is 39.1 Å². The van der Waals surface area contributed by atoms with Gasteiger partial charge in [0.25, 0.3) is 0 Å². The summed E-state index contributed by atoms with van der Waals surface area (Å²) in [5.41, 5.74) is 47.4. The zero-order chi connectivity index (χ0) is 87.1. The Labute approximate surface area is 703 Å². The van der Waals surface area contributed by atoms with E-state index in [2.05, 4.69) is 66.7 Å². The second kappa shape index (κ2) is 36.6. The van der Waals surface area contributed by atoms with Gasteiger partial charge in [0.2, 0.25) is 11.4 Å². The zero-order valence-electron chi connectivity index (χ0n) is 69.0. The number of hydrogen-bond donors (Lipinski definition) is 4. The van der Waals surface area contributed by atoms with Crippen LogP contribution in [0, 0.1) is 51.8 Å². The van der Waals surface area contributed by atoms with E-state index in [0.717, 1.165) is 108 Å². The van der Waals surface area contributed by atoms with Crippen LogP contribution in [0.5, 0.6) is 11.5 Å². The van der Waals surface area contributed by atoms with Gasteiger partial charge in [-0.15, -0.1) is 0 Å². The number of rotatable bonds is 18. The monoisotopic (exact) mass is 1630 g/mol. The van der Waals surface area contributed by atoms with E-state index in [0.29, 0.717) is 120 Å². The lowest BCUT2D eigenvalue weighted by molar-refractivity contribution is 0.0988. The molecule has 4 aliphatic heterocycles. The van der Waals surface area contributed by atoms with Crippen molar-refractivity contribution >= 4 is 68.7 Å². The van der Waals surface area contributed by atoms with Crippen molar-refractivity contribution in [3.8, 4) is 101 Å². The number of fused-ring (bicyclic) bond motifs is 4. The Balaban J connectivity index is 0.000000140. The van der Waals surface area contributed by atoms with Crippen molar-refractivity contribution < 1.29 is 37.4 Å². The number of Topliss-reactive ketones (excluding diaryl/α,β-unsaturated/α-hetero) is 4. The van der Waals surface area contributed by atoms with Crippen molar-refractivity contribution in [2.45, 2.75) is 54.4 Å². The van der Waals surface area contributed by atoms with Gasteiger partial charge in [-0.1, -0.05) is 86.6 Å². The van der Waals surface area contributed by atoms with Gasteiger partial charge in [0.15, 0.2) is 34.5 Å². The molecule has 0 spiro atoms. The van der Waals surface area contributed by atoms with Gasteiger partial charge in [-0.2, -0.15) is 20.4 Å². The van der Waals surface area contributed by atoms with Crippen molar-refractivity contribution in [3.63, 3.8) is 0 Å². The molecule has 0 radical (unpaired) electrons. The summed E-state index contributed by atoms with van der Waals surface area (Å²) in [6.07, 6.45) is 8.36. The maximum absolute atomic E-state index is 15.0. The van der Waals surface area contributed by atoms with Crippen LogP contribution in [-0.2, 0) is 41.0 Å². The third-order valence-electron chi connectivity index (χ3n) is 21.7. The fraction of sp³-hybridized carbons (Fsp3) is 0.234. The number of ketones is 4. The Morgan fingerprint density at radius 3 is 0.893 bits per heavy atom. The summed E-state index contributed by atoms with van der Waals surface area (Å²) in [5.74, 6) is -0.914. The molecule has 8 N–H and O–H groups in total. The number of nitrogens with zero attached hydrogens (tertiary/aromatic N) is 16. The van der Waals surface area contributed by atoms with Crippen LogP contribution >= 0.6 is 0 Å². The number of benzene rings is 8. The highest BCUT2D eigenvalue weighted by Crippen LogP contribution is 2.47. The lowest BCUT2D eigenvalue weighted by Crippen LogP contribution is -2.26. The van der Waals surface area contributed by atoms with Crippen molar-refractivity contribution in [3.05, 3.63) is 270 Å². The Morgan fingerprint density at radius 1 is 0.361 bits per heavy atom. The number of aryl methyl sites for hydroxylation is 8. The van der Waals surface area contributed by atoms with Gasteiger partial charge in [0.1, 0.15) is 49.3 Å². The second-order valence-corrected chi connectivity index (χ2v) is 28.8. The number of carbonyl (C=O) groups excluding carboxylic acids is 4. The van der Waals surface area contributed by atoms with Crippen molar-refractivity contribution in [1.29, 1.82) is 0 Å². The number of halogens is 2. The molecule has 28 heteroatoms. The van der Waals surface area contributed by atoms with Crippen LogP contribution in [0.3, 0.4) is 0 Å². The minimum atomic E-state index is -0.623. The molecule has 4 aromatic heterocycles. The Hall–Kier alpha value is -14.8. The molecule has 0 saturated carbocycles. The largest absolute Gasteiger partial charge is 0.505 e. The average molecular weight is 1630 g/mol. The molecule has 0 fully saturated rings. The molecule has 0 atom stereocenters. The summed E-state index contributed by atoms with van der Waals surface area (Å²) in [6, 6.07) is 36.6. The molecule has 0 amide bonds. The Bertz CT molecular complexity index is 6210. The van der Waals surface area contributed by atoms with Gasteiger partial charge in [0, 0.05) is 132 Å². The molecular formula is C94H86F2N20O6. The number of aromatic nitrogens is 8. The molecule has 12 aromatic rings. The molecule has 16 rings (SSSR count). The van der Waals surface area contributed by atoms with Crippen molar-refractivity contribution in [2.75, 3.05) is 65.6 Å². The van der Waals surface area contributed by atoms with E-state index in [1.54, 1.807) is 81.7 Å². The highest BCUT2D eigenvalue weighted by atomic mass is 19.1. The molecule has 0 aliphatic carbocycles. The minimum absolute atomic E-state index is 0.00219. The SMILES string of the molecule is [C-]#[N+]c1c(CC)cccc1-c1c(-c2cc(C)c3c(c2)C(CN)=NCC3=O)cnn1C.[C-]#[N+]c1c(CC)cccc1-c1c(-c2cc(F)c3c(c2)C(CN)=NCC3=O)cnn1C.[C-]#[N+]c1c(OCC)cccc1-c1c(-c2cc(C)c3c(c2)C(CN)=NCC3=O)cnn1C.[C-]#[N+]c1c(OCC)cccc1-c1c(-c2cc(F)c3c(c2)C(CN)=NCC3=O)cnn1C. The van der Waals surface area contributed by atoms with E-state index in [1.165, 1.54) is 12.1 Å². The summed E-state index contributed by atoms with van der Waals surface area (Å²) in [7, 11) is 7.27. The van der Waals surface area contributed by atoms with Crippen LogP contribution in [0.1, 0.15) is 114 Å². The van der Waals surface area contributed by atoms with Gasteiger partial charge < -0.3 is 32.4 Å². The summed E-state index contributed by atoms with van der Waals surface area (Å²) in [6.45, 7) is 44.2. The fourth-order valence-corrected chi connectivity index (χ4v) is 16.1. The number of nitrogens with two attached hydrogens (primary N) is 4. The lowest BCUT2D eigenvalue weighted by atomic mass is 9.88. The van der Waals surface area contributed by atoms with E-state index in [4.69, 9.17) is 58.7 Å². The quantitative estimate of drug-likeness (QED) is 0.0581. The number of ether oxygens (including phenoxy) is 2.